The molecule has 3 saturated carbocycles. The van der Waals surface area contributed by atoms with Gasteiger partial charge in [-0.25, -0.2) is 0 Å². The molecule has 4 aliphatic rings. The number of carbonyl (C=O) groups is 1. The number of fused-ring (bicyclic) bond motifs is 5. The van der Waals surface area contributed by atoms with Gasteiger partial charge in [-0.1, -0.05) is 26.0 Å². The molecule has 1 N–H and O–H groups in total. The van der Waals surface area contributed by atoms with Crippen LogP contribution in [-0.4, -0.2) is 17.0 Å². The molecule has 6 atom stereocenters. The van der Waals surface area contributed by atoms with Crippen LogP contribution >= 0.6 is 0 Å². The Kier molecular flexibility index (Phi) is 3.05. The highest BCUT2D eigenvalue weighted by atomic mass is 16.3. The smallest absolute Gasteiger partial charge is 0.155 e. The molecule has 3 fully saturated rings. The predicted octanol–water partition coefficient (Wildman–Crippen LogP) is 4.05. The molecule has 22 heavy (non-hydrogen) atoms. The molecular formula is C20H28O2. The third kappa shape index (κ3) is 1.73. The Balaban J connectivity index is 1.74. The Morgan fingerprint density at radius 3 is 2.64 bits per heavy atom. The minimum absolute atomic E-state index is 0.0432. The number of aliphatic hydroxyl groups excluding tert-OH is 1. The molecule has 0 aromatic heterocycles. The van der Waals surface area contributed by atoms with Gasteiger partial charge in [-0.05, 0) is 78.8 Å². The van der Waals surface area contributed by atoms with E-state index in [2.05, 4.69) is 20.4 Å². The first kappa shape index (κ1) is 14.7. The number of allylic oxidation sites excluding steroid dienone is 1. The summed E-state index contributed by atoms with van der Waals surface area (Å²) in [4.78, 5) is 11.8. The Hall–Kier alpha value is -0.890. The van der Waals surface area contributed by atoms with Crippen LogP contribution in [0, 0.1) is 28.6 Å². The Morgan fingerprint density at radius 1 is 1.14 bits per heavy atom. The lowest BCUT2D eigenvalue weighted by atomic mass is 9.47. The van der Waals surface area contributed by atoms with Gasteiger partial charge in [-0.2, -0.15) is 0 Å². The van der Waals surface area contributed by atoms with Crippen LogP contribution in [0.15, 0.2) is 23.8 Å². The number of ketones is 1. The van der Waals surface area contributed by atoms with Gasteiger partial charge < -0.3 is 5.11 Å². The fraction of sp³-hybridized carbons (Fsp3) is 0.750. The molecule has 0 saturated heterocycles. The summed E-state index contributed by atoms with van der Waals surface area (Å²) in [6.45, 7) is 9.08. The van der Waals surface area contributed by atoms with Crippen LogP contribution in [0.25, 0.3) is 0 Å². The van der Waals surface area contributed by atoms with Crippen molar-refractivity contribution in [1.82, 2.24) is 0 Å². The van der Waals surface area contributed by atoms with Crippen molar-refractivity contribution in [1.29, 1.82) is 0 Å². The van der Waals surface area contributed by atoms with Crippen molar-refractivity contribution in [3.8, 4) is 0 Å². The minimum atomic E-state index is -0.410. The van der Waals surface area contributed by atoms with E-state index in [4.69, 9.17) is 0 Å². The van der Waals surface area contributed by atoms with Crippen LogP contribution in [0.1, 0.15) is 58.8 Å². The van der Waals surface area contributed by atoms with Crippen LogP contribution in [0.5, 0.6) is 0 Å². The van der Waals surface area contributed by atoms with E-state index >= 15 is 0 Å². The van der Waals surface area contributed by atoms with Crippen LogP contribution in [0.2, 0.25) is 0 Å². The molecule has 0 aliphatic heterocycles. The first-order valence-electron chi connectivity index (χ1n) is 8.97. The normalized spacial score (nSPS) is 51.0. The molecule has 4 rings (SSSR count). The fourth-order valence-electron chi connectivity index (χ4n) is 6.51. The Bertz CT molecular complexity index is 574. The predicted molar refractivity (Wildman–Crippen MR) is 87.2 cm³/mol. The monoisotopic (exact) mass is 300 g/mol. The molecule has 6 unspecified atom stereocenters. The van der Waals surface area contributed by atoms with Gasteiger partial charge in [0.05, 0.1) is 6.10 Å². The molecule has 0 radical (unpaired) electrons. The van der Waals surface area contributed by atoms with Crippen LogP contribution in [-0.2, 0) is 4.79 Å². The number of aliphatic hydroxyl groups is 1. The minimum Gasteiger partial charge on any atom is -0.389 e. The zero-order chi connectivity index (χ0) is 15.7. The second-order valence-corrected chi connectivity index (χ2v) is 8.71. The number of rotatable bonds is 0. The topological polar surface area (TPSA) is 37.3 Å². The SMILES string of the molecule is C=C1CCC2C3CC(O)C4=CC(=O)CCC4(C)C3CCC12C. The highest BCUT2D eigenvalue weighted by molar-refractivity contribution is 5.91. The Labute approximate surface area is 133 Å². The van der Waals surface area contributed by atoms with Crippen LogP contribution < -0.4 is 0 Å². The molecule has 0 amide bonds. The van der Waals surface area contributed by atoms with E-state index in [-0.39, 0.29) is 11.2 Å². The molecule has 2 nitrogen and oxygen atoms in total. The maximum absolute atomic E-state index is 11.8. The van der Waals surface area contributed by atoms with Gasteiger partial charge in [-0.15, -0.1) is 0 Å². The quantitative estimate of drug-likeness (QED) is 0.685. The van der Waals surface area contributed by atoms with Crippen molar-refractivity contribution < 1.29 is 9.90 Å². The van der Waals surface area contributed by atoms with Gasteiger partial charge in [0, 0.05) is 6.42 Å². The molecule has 0 bridgehead atoms. The average molecular weight is 300 g/mol. The Morgan fingerprint density at radius 2 is 1.86 bits per heavy atom. The highest BCUT2D eigenvalue weighted by Gasteiger charge is 2.58. The molecule has 0 aromatic carbocycles. The molecule has 0 aromatic rings. The van der Waals surface area contributed by atoms with Gasteiger partial charge in [0.25, 0.3) is 0 Å². The first-order valence-corrected chi connectivity index (χ1v) is 8.97. The fourth-order valence-corrected chi connectivity index (χ4v) is 6.51. The number of hydrogen-bond acceptors (Lipinski definition) is 2. The first-order chi connectivity index (χ1) is 10.4. The van der Waals surface area contributed by atoms with Gasteiger partial charge in [-0.3, -0.25) is 4.79 Å². The van der Waals surface area contributed by atoms with Crippen LogP contribution in [0.3, 0.4) is 0 Å². The average Bonchev–Trinajstić information content (AvgIpc) is 2.77. The lowest BCUT2D eigenvalue weighted by molar-refractivity contribution is -0.118. The van der Waals surface area contributed by atoms with Gasteiger partial charge >= 0.3 is 0 Å². The van der Waals surface area contributed by atoms with E-state index in [1.54, 1.807) is 6.08 Å². The number of carbonyl (C=O) groups excluding carboxylic acids is 1. The number of hydrogen-bond donors (Lipinski definition) is 1. The second kappa shape index (κ2) is 4.56. The maximum atomic E-state index is 11.8. The molecule has 0 spiro atoms. The maximum Gasteiger partial charge on any atom is 0.155 e. The zero-order valence-electron chi connectivity index (χ0n) is 13.9. The van der Waals surface area contributed by atoms with E-state index in [1.807, 2.05) is 0 Å². The lowest BCUT2D eigenvalue weighted by Crippen LogP contribution is -2.53. The van der Waals surface area contributed by atoms with E-state index < -0.39 is 6.10 Å². The second-order valence-electron chi connectivity index (χ2n) is 8.71. The summed E-state index contributed by atoms with van der Waals surface area (Å²) in [6.07, 6.45) is 8.70. The van der Waals surface area contributed by atoms with Crippen LogP contribution in [0.4, 0.5) is 0 Å². The van der Waals surface area contributed by atoms with Crippen molar-refractivity contribution in [2.45, 2.75) is 64.9 Å². The summed E-state index contributed by atoms with van der Waals surface area (Å²) in [5.74, 6) is 2.13. The van der Waals surface area contributed by atoms with Crippen molar-refractivity contribution in [3.63, 3.8) is 0 Å². The van der Waals surface area contributed by atoms with Gasteiger partial charge in [0.15, 0.2) is 5.78 Å². The van der Waals surface area contributed by atoms with Crippen molar-refractivity contribution in [2.24, 2.45) is 28.6 Å². The van der Waals surface area contributed by atoms with Crippen molar-refractivity contribution in [2.75, 3.05) is 0 Å². The van der Waals surface area contributed by atoms with Gasteiger partial charge in [0.2, 0.25) is 0 Å². The summed E-state index contributed by atoms with van der Waals surface area (Å²) < 4.78 is 0. The third-order valence-electron chi connectivity index (χ3n) is 7.93. The molecule has 120 valence electrons. The molecular weight excluding hydrogens is 272 g/mol. The summed E-state index contributed by atoms with van der Waals surface area (Å²) in [6, 6.07) is 0. The van der Waals surface area contributed by atoms with E-state index in [0.29, 0.717) is 29.6 Å². The van der Waals surface area contributed by atoms with E-state index in [9.17, 15) is 9.90 Å². The molecule has 2 heteroatoms. The standard InChI is InChI=1S/C20H28O2/c1-12-4-5-15-14-11-18(22)17-10-13(21)6-8-20(17,3)16(14)7-9-19(12,15)2/h10,14-16,18,22H,1,4-9,11H2,2-3H3. The summed E-state index contributed by atoms with van der Waals surface area (Å²) >= 11 is 0. The zero-order valence-corrected chi connectivity index (χ0v) is 13.9. The molecule has 0 heterocycles. The van der Waals surface area contributed by atoms with E-state index in [0.717, 1.165) is 18.4 Å². The van der Waals surface area contributed by atoms with Crippen molar-refractivity contribution in [3.05, 3.63) is 23.8 Å². The third-order valence-corrected chi connectivity index (χ3v) is 7.93. The highest BCUT2D eigenvalue weighted by Crippen LogP contribution is 2.66. The largest absolute Gasteiger partial charge is 0.389 e. The lowest BCUT2D eigenvalue weighted by Gasteiger charge is -2.58. The summed E-state index contributed by atoms with van der Waals surface area (Å²) in [7, 11) is 0. The van der Waals surface area contributed by atoms with Crippen molar-refractivity contribution >= 4 is 5.78 Å². The van der Waals surface area contributed by atoms with E-state index in [1.165, 1.54) is 31.3 Å². The van der Waals surface area contributed by atoms with Gasteiger partial charge in [0.1, 0.15) is 0 Å². The molecule has 4 aliphatic carbocycles. The summed E-state index contributed by atoms with van der Waals surface area (Å²) in [5, 5.41) is 10.8. The summed E-state index contributed by atoms with van der Waals surface area (Å²) in [5.41, 5.74) is 2.82.